The molecule has 0 atom stereocenters. The van der Waals surface area contributed by atoms with Crippen molar-refractivity contribution in [3.63, 3.8) is 0 Å². The number of hydrogen-bond donors (Lipinski definition) is 0. The Morgan fingerprint density at radius 1 is 1.32 bits per heavy atom. The second-order valence-electron chi connectivity index (χ2n) is 5.48. The molecule has 1 amide bonds. The van der Waals surface area contributed by atoms with Crippen LogP contribution in [0, 0.1) is 5.92 Å². The van der Waals surface area contributed by atoms with Crippen LogP contribution in [0.1, 0.15) is 30.6 Å². The maximum atomic E-state index is 12.5. The van der Waals surface area contributed by atoms with E-state index in [2.05, 4.69) is 22.4 Å². The van der Waals surface area contributed by atoms with Crippen LogP contribution >= 0.6 is 11.3 Å². The Morgan fingerprint density at radius 3 is 2.74 bits per heavy atom. The molecular formula is C15H21NO2S. The summed E-state index contributed by atoms with van der Waals surface area (Å²) in [6.45, 7) is 2.48. The predicted octanol–water partition coefficient (Wildman–Crippen LogP) is 2.71. The highest BCUT2D eigenvalue weighted by atomic mass is 32.1. The van der Waals surface area contributed by atoms with Gasteiger partial charge in [-0.3, -0.25) is 4.79 Å². The fraction of sp³-hybridized carbons (Fsp3) is 0.667. The number of ether oxygens (including phenoxy) is 1. The Kier molecular flexibility index (Phi) is 4.18. The summed E-state index contributed by atoms with van der Waals surface area (Å²) in [4.78, 5) is 16.0. The van der Waals surface area contributed by atoms with Gasteiger partial charge in [0, 0.05) is 36.6 Å². The molecule has 0 spiro atoms. The van der Waals surface area contributed by atoms with Gasteiger partial charge >= 0.3 is 0 Å². The smallest absolute Gasteiger partial charge is 0.225 e. The third-order valence-corrected chi connectivity index (χ3v) is 4.96. The highest BCUT2D eigenvalue weighted by Gasteiger charge is 2.36. The van der Waals surface area contributed by atoms with Gasteiger partial charge in [-0.2, -0.15) is 0 Å². The van der Waals surface area contributed by atoms with E-state index >= 15 is 0 Å². The second-order valence-corrected chi connectivity index (χ2v) is 6.51. The third kappa shape index (κ3) is 3.37. The first-order chi connectivity index (χ1) is 9.34. The molecule has 2 fully saturated rings. The van der Waals surface area contributed by atoms with Crippen LogP contribution in [0.2, 0.25) is 0 Å². The SMILES string of the molecule is O=C(C1CC1)N(CCc1cccs1)C1CCOCC1. The number of rotatable bonds is 5. The lowest BCUT2D eigenvalue weighted by molar-refractivity contribution is -0.136. The van der Waals surface area contributed by atoms with E-state index in [-0.39, 0.29) is 0 Å². The Hall–Kier alpha value is -0.870. The Labute approximate surface area is 118 Å². The Morgan fingerprint density at radius 2 is 2.11 bits per heavy atom. The Balaban J connectivity index is 1.62. The van der Waals surface area contributed by atoms with Gasteiger partial charge in [0.15, 0.2) is 0 Å². The number of carbonyl (C=O) groups is 1. The van der Waals surface area contributed by atoms with Gasteiger partial charge in [0.25, 0.3) is 0 Å². The first-order valence-electron chi connectivity index (χ1n) is 7.25. The van der Waals surface area contributed by atoms with E-state index in [1.165, 1.54) is 4.88 Å². The van der Waals surface area contributed by atoms with Crippen molar-refractivity contribution in [3.8, 4) is 0 Å². The van der Waals surface area contributed by atoms with Gasteiger partial charge in [-0.25, -0.2) is 0 Å². The number of carbonyl (C=O) groups excluding carboxylic acids is 1. The van der Waals surface area contributed by atoms with Crippen molar-refractivity contribution in [1.29, 1.82) is 0 Å². The molecule has 2 heterocycles. The van der Waals surface area contributed by atoms with E-state index in [1.54, 1.807) is 11.3 Å². The monoisotopic (exact) mass is 279 g/mol. The molecule has 1 aliphatic carbocycles. The van der Waals surface area contributed by atoms with Gasteiger partial charge in [-0.15, -0.1) is 11.3 Å². The molecule has 0 bridgehead atoms. The lowest BCUT2D eigenvalue weighted by Crippen LogP contribution is -2.45. The molecule has 0 unspecified atom stereocenters. The summed E-state index contributed by atoms with van der Waals surface area (Å²) in [6.07, 6.45) is 5.19. The largest absolute Gasteiger partial charge is 0.381 e. The van der Waals surface area contributed by atoms with E-state index in [1.807, 2.05) is 0 Å². The van der Waals surface area contributed by atoms with Crippen molar-refractivity contribution >= 4 is 17.2 Å². The normalized spacial score (nSPS) is 20.4. The third-order valence-electron chi connectivity index (χ3n) is 4.02. The summed E-state index contributed by atoms with van der Waals surface area (Å²) in [6, 6.07) is 4.65. The van der Waals surface area contributed by atoms with E-state index in [0.29, 0.717) is 17.9 Å². The van der Waals surface area contributed by atoms with Gasteiger partial charge in [0.1, 0.15) is 0 Å². The van der Waals surface area contributed by atoms with Gasteiger partial charge in [-0.05, 0) is 43.6 Å². The van der Waals surface area contributed by atoms with Crippen LogP contribution < -0.4 is 0 Å². The van der Waals surface area contributed by atoms with Crippen LogP contribution in [0.5, 0.6) is 0 Å². The molecular weight excluding hydrogens is 258 g/mol. The van der Waals surface area contributed by atoms with Crippen LogP contribution in [0.15, 0.2) is 17.5 Å². The van der Waals surface area contributed by atoms with Crippen LogP contribution in [0.3, 0.4) is 0 Å². The molecule has 1 aromatic heterocycles. The number of amides is 1. The minimum Gasteiger partial charge on any atom is -0.381 e. The maximum Gasteiger partial charge on any atom is 0.225 e. The zero-order valence-electron chi connectivity index (χ0n) is 11.2. The van der Waals surface area contributed by atoms with Crippen molar-refractivity contribution in [3.05, 3.63) is 22.4 Å². The van der Waals surface area contributed by atoms with E-state index < -0.39 is 0 Å². The fourth-order valence-corrected chi connectivity index (χ4v) is 3.42. The van der Waals surface area contributed by atoms with Crippen molar-refractivity contribution in [2.45, 2.75) is 38.1 Å². The maximum absolute atomic E-state index is 12.5. The van der Waals surface area contributed by atoms with Crippen molar-refractivity contribution < 1.29 is 9.53 Å². The minimum atomic E-state index is 0.325. The van der Waals surface area contributed by atoms with Gasteiger partial charge < -0.3 is 9.64 Å². The topological polar surface area (TPSA) is 29.5 Å². The molecule has 3 rings (SSSR count). The molecule has 104 valence electrons. The zero-order valence-corrected chi connectivity index (χ0v) is 12.0. The predicted molar refractivity (Wildman–Crippen MR) is 76.3 cm³/mol. The number of thiophene rings is 1. The summed E-state index contributed by atoms with van der Waals surface area (Å²) in [7, 11) is 0. The molecule has 1 saturated heterocycles. The van der Waals surface area contributed by atoms with Gasteiger partial charge in [0.05, 0.1) is 0 Å². The molecule has 1 aromatic rings. The van der Waals surface area contributed by atoms with Crippen molar-refractivity contribution in [1.82, 2.24) is 4.90 Å². The summed E-state index contributed by atoms with van der Waals surface area (Å²) < 4.78 is 5.42. The number of hydrogen-bond acceptors (Lipinski definition) is 3. The van der Waals surface area contributed by atoms with Crippen LogP contribution in [0.25, 0.3) is 0 Å². The molecule has 3 nitrogen and oxygen atoms in total. The minimum absolute atomic E-state index is 0.325. The van der Waals surface area contributed by atoms with Crippen LogP contribution in [-0.2, 0) is 16.0 Å². The summed E-state index contributed by atoms with van der Waals surface area (Å²) in [5, 5.41) is 2.11. The standard InChI is InChI=1S/C15H21NO2S/c17-15(12-3-4-12)16(13-6-9-18-10-7-13)8-5-14-2-1-11-19-14/h1-2,11-13H,3-10H2. The quantitative estimate of drug-likeness (QED) is 0.829. The first-order valence-corrected chi connectivity index (χ1v) is 8.13. The van der Waals surface area contributed by atoms with E-state index in [9.17, 15) is 4.79 Å². The van der Waals surface area contributed by atoms with Crippen molar-refractivity contribution in [2.75, 3.05) is 19.8 Å². The average molecular weight is 279 g/mol. The molecule has 0 aromatic carbocycles. The summed E-state index contributed by atoms with van der Waals surface area (Å²) in [5.41, 5.74) is 0. The fourth-order valence-electron chi connectivity index (χ4n) is 2.72. The summed E-state index contributed by atoms with van der Waals surface area (Å²) >= 11 is 1.78. The molecule has 2 aliphatic rings. The highest BCUT2D eigenvalue weighted by Crippen LogP contribution is 2.33. The van der Waals surface area contributed by atoms with E-state index in [0.717, 1.165) is 51.9 Å². The zero-order chi connectivity index (χ0) is 13.1. The van der Waals surface area contributed by atoms with Crippen LogP contribution in [0.4, 0.5) is 0 Å². The van der Waals surface area contributed by atoms with Crippen LogP contribution in [-0.4, -0.2) is 36.6 Å². The second kappa shape index (κ2) is 6.06. The number of nitrogens with zero attached hydrogens (tertiary/aromatic N) is 1. The Bertz CT molecular complexity index is 408. The molecule has 1 aliphatic heterocycles. The lowest BCUT2D eigenvalue weighted by atomic mass is 10.1. The molecule has 4 heteroatoms. The lowest BCUT2D eigenvalue weighted by Gasteiger charge is -2.34. The van der Waals surface area contributed by atoms with Gasteiger partial charge in [0.2, 0.25) is 5.91 Å². The first kappa shape index (κ1) is 13.1. The van der Waals surface area contributed by atoms with Gasteiger partial charge in [-0.1, -0.05) is 6.07 Å². The van der Waals surface area contributed by atoms with E-state index in [4.69, 9.17) is 4.74 Å². The molecule has 19 heavy (non-hydrogen) atoms. The molecule has 0 N–H and O–H groups in total. The molecule has 1 saturated carbocycles. The highest BCUT2D eigenvalue weighted by molar-refractivity contribution is 7.09. The van der Waals surface area contributed by atoms with Crippen molar-refractivity contribution in [2.24, 2.45) is 5.92 Å². The molecule has 0 radical (unpaired) electrons. The average Bonchev–Trinajstić information content (AvgIpc) is 3.18. The summed E-state index contributed by atoms with van der Waals surface area (Å²) in [5.74, 6) is 0.717.